The van der Waals surface area contributed by atoms with Crippen molar-refractivity contribution in [3.8, 4) is 22.6 Å². The number of aliphatic hydroxyl groups is 1. The Bertz CT molecular complexity index is 924. The Morgan fingerprint density at radius 3 is 2.72 bits per heavy atom. The second-order valence-electron chi connectivity index (χ2n) is 7.58. The predicted octanol–water partition coefficient (Wildman–Crippen LogP) is 3.42. The number of nitrogens with zero attached hydrogens (tertiary/aromatic N) is 5. The highest BCUT2D eigenvalue weighted by molar-refractivity contribution is 5.76. The maximum absolute atomic E-state index is 9.72. The number of imidazole rings is 1. The van der Waals surface area contributed by atoms with Crippen LogP contribution >= 0.6 is 0 Å². The summed E-state index contributed by atoms with van der Waals surface area (Å²) in [6.07, 6.45) is 8.04. The van der Waals surface area contributed by atoms with Crippen LogP contribution in [0.3, 0.4) is 0 Å². The van der Waals surface area contributed by atoms with Gasteiger partial charge in [-0.15, -0.1) is 0 Å². The van der Waals surface area contributed by atoms with Crippen LogP contribution in [0.1, 0.15) is 32.0 Å². The van der Waals surface area contributed by atoms with Crippen molar-refractivity contribution in [2.24, 2.45) is 0 Å². The second kappa shape index (κ2) is 9.29. The molecule has 29 heavy (non-hydrogen) atoms. The molecule has 152 valence electrons. The van der Waals surface area contributed by atoms with Crippen molar-refractivity contribution in [3.63, 3.8) is 0 Å². The van der Waals surface area contributed by atoms with Crippen LogP contribution in [0.2, 0.25) is 0 Å². The van der Waals surface area contributed by atoms with Crippen molar-refractivity contribution < 1.29 is 5.11 Å². The number of likely N-dealkylation sites (tertiary alicyclic amines) is 1. The zero-order valence-corrected chi connectivity index (χ0v) is 17.0. The number of benzene rings is 1. The van der Waals surface area contributed by atoms with Crippen LogP contribution in [-0.4, -0.2) is 55.3 Å². The molecule has 0 spiro atoms. The number of hydrogen-bond acceptors (Lipinski definition) is 5. The van der Waals surface area contributed by atoms with Crippen LogP contribution in [0.25, 0.3) is 22.6 Å². The number of rotatable bonds is 7. The average molecular weight is 392 g/mol. The monoisotopic (exact) mass is 391 g/mol. The molecule has 1 aliphatic heterocycles. The first-order chi connectivity index (χ1) is 14.3. The molecular formula is C23H29N5O. The first kappa shape index (κ1) is 19.7. The van der Waals surface area contributed by atoms with E-state index in [1.54, 1.807) is 0 Å². The van der Waals surface area contributed by atoms with E-state index in [0.29, 0.717) is 0 Å². The molecule has 0 bridgehead atoms. The average Bonchev–Trinajstić information content (AvgIpc) is 3.22. The quantitative estimate of drug-likeness (QED) is 0.668. The third kappa shape index (κ3) is 4.38. The van der Waals surface area contributed by atoms with E-state index in [1.807, 2.05) is 36.8 Å². The summed E-state index contributed by atoms with van der Waals surface area (Å²) in [5.74, 6) is 0.839. The van der Waals surface area contributed by atoms with E-state index in [-0.39, 0.29) is 12.6 Å². The molecule has 4 rings (SSSR count). The summed E-state index contributed by atoms with van der Waals surface area (Å²) < 4.78 is 2.20. The van der Waals surface area contributed by atoms with Gasteiger partial charge in [-0.1, -0.05) is 43.7 Å². The standard InChI is InChI=1S/C23H29N5O/c1-2-21-24-12-11-20(26-21)23-22(18-8-4-3-5-9-18)25-17-28(23)15-14-27-13-7-6-10-19(27)16-29/h3-5,8-9,11-12,17,19,29H,2,6-7,10,13-16H2,1H3. The summed E-state index contributed by atoms with van der Waals surface area (Å²) in [4.78, 5) is 16.3. The molecule has 3 heterocycles. The number of aromatic nitrogens is 4. The molecule has 3 aromatic rings. The van der Waals surface area contributed by atoms with Gasteiger partial charge in [-0.3, -0.25) is 4.90 Å². The van der Waals surface area contributed by atoms with Crippen molar-refractivity contribution in [3.05, 3.63) is 54.7 Å². The van der Waals surface area contributed by atoms with E-state index in [1.165, 1.54) is 12.8 Å². The zero-order valence-electron chi connectivity index (χ0n) is 17.0. The van der Waals surface area contributed by atoms with Gasteiger partial charge in [0.1, 0.15) is 5.82 Å². The molecule has 1 saturated heterocycles. The normalized spacial score (nSPS) is 17.5. The smallest absolute Gasteiger partial charge is 0.128 e. The number of aryl methyl sites for hydroxylation is 1. The molecule has 6 nitrogen and oxygen atoms in total. The number of aliphatic hydroxyl groups excluding tert-OH is 1. The third-order valence-electron chi connectivity index (χ3n) is 5.74. The predicted molar refractivity (Wildman–Crippen MR) is 114 cm³/mol. The lowest BCUT2D eigenvalue weighted by Gasteiger charge is -2.34. The Labute approximate surface area is 172 Å². The van der Waals surface area contributed by atoms with Crippen LogP contribution in [0.5, 0.6) is 0 Å². The lowest BCUT2D eigenvalue weighted by Crippen LogP contribution is -2.43. The fourth-order valence-electron chi connectivity index (χ4n) is 4.13. The zero-order chi connectivity index (χ0) is 20.1. The maximum Gasteiger partial charge on any atom is 0.128 e. The van der Waals surface area contributed by atoms with Gasteiger partial charge in [0.25, 0.3) is 0 Å². The molecular weight excluding hydrogens is 362 g/mol. The van der Waals surface area contributed by atoms with Crippen LogP contribution in [-0.2, 0) is 13.0 Å². The highest BCUT2D eigenvalue weighted by Gasteiger charge is 2.22. The first-order valence-electron chi connectivity index (χ1n) is 10.6. The molecule has 0 amide bonds. The summed E-state index contributed by atoms with van der Waals surface area (Å²) in [5, 5.41) is 9.72. The molecule has 1 atom stereocenters. The van der Waals surface area contributed by atoms with Crippen LogP contribution in [0, 0.1) is 0 Å². The minimum Gasteiger partial charge on any atom is -0.395 e. The Kier molecular flexibility index (Phi) is 6.32. The molecule has 1 aliphatic rings. The van der Waals surface area contributed by atoms with Crippen molar-refractivity contribution in [1.29, 1.82) is 0 Å². The molecule has 1 unspecified atom stereocenters. The van der Waals surface area contributed by atoms with Crippen molar-refractivity contribution >= 4 is 0 Å². The van der Waals surface area contributed by atoms with Gasteiger partial charge < -0.3 is 9.67 Å². The van der Waals surface area contributed by atoms with E-state index in [0.717, 1.165) is 60.9 Å². The minimum absolute atomic E-state index is 0.234. The lowest BCUT2D eigenvalue weighted by atomic mass is 10.0. The fourth-order valence-corrected chi connectivity index (χ4v) is 4.13. The molecule has 1 fully saturated rings. The molecule has 0 saturated carbocycles. The molecule has 1 N–H and O–H groups in total. The SMILES string of the molecule is CCc1nccc(-c2c(-c3ccccc3)ncn2CCN2CCCCC2CO)n1. The van der Waals surface area contributed by atoms with Gasteiger partial charge in [0.15, 0.2) is 0 Å². The highest BCUT2D eigenvalue weighted by Crippen LogP contribution is 2.30. The van der Waals surface area contributed by atoms with Crippen molar-refractivity contribution in [1.82, 2.24) is 24.4 Å². The van der Waals surface area contributed by atoms with E-state index in [4.69, 9.17) is 9.97 Å². The summed E-state index contributed by atoms with van der Waals surface area (Å²) in [6.45, 7) is 5.07. The van der Waals surface area contributed by atoms with Gasteiger partial charge in [0.2, 0.25) is 0 Å². The largest absolute Gasteiger partial charge is 0.395 e. The van der Waals surface area contributed by atoms with Crippen LogP contribution in [0.4, 0.5) is 0 Å². The Morgan fingerprint density at radius 2 is 1.93 bits per heavy atom. The second-order valence-corrected chi connectivity index (χ2v) is 7.58. The van der Waals surface area contributed by atoms with Gasteiger partial charge in [0, 0.05) is 37.3 Å². The van der Waals surface area contributed by atoms with Crippen molar-refractivity contribution in [2.75, 3.05) is 19.7 Å². The topological polar surface area (TPSA) is 67.1 Å². The van der Waals surface area contributed by atoms with Crippen LogP contribution < -0.4 is 0 Å². The van der Waals surface area contributed by atoms with Gasteiger partial charge in [-0.05, 0) is 25.5 Å². The van der Waals surface area contributed by atoms with Crippen LogP contribution in [0.15, 0.2) is 48.9 Å². The van der Waals surface area contributed by atoms with Gasteiger partial charge in [-0.2, -0.15) is 0 Å². The minimum atomic E-state index is 0.234. The summed E-state index contributed by atoms with van der Waals surface area (Å²) in [6, 6.07) is 12.5. The Balaban J connectivity index is 1.67. The van der Waals surface area contributed by atoms with Gasteiger partial charge in [-0.25, -0.2) is 15.0 Å². The summed E-state index contributed by atoms with van der Waals surface area (Å²) in [7, 11) is 0. The Hall–Kier alpha value is -2.57. The van der Waals surface area contributed by atoms with E-state index < -0.39 is 0 Å². The van der Waals surface area contributed by atoms with Gasteiger partial charge in [0.05, 0.1) is 30.0 Å². The number of piperidine rings is 1. The molecule has 0 aliphatic carbocycles. The van der Waals surface area contributed by atoms with E-state index in [9.17, 15) is 5.11 Å². The highest BCUT2D eigenvalue weighted by atomic mass is 16.3. The van der Waals surface area contributed by atoms with E-state index >= 15 is 0 Å². The summed E-state index contributed by atoms with van der Waals surface area (Å²) in [5.41, 5.74) is 3.98. The lowest BCUT2D eigenvalue weighted by molar-refractivity contribution is 0.0872. The number of hydrogen-bond donors (Lipinski definition) is 1. The van der Waals surface area contributed by atoms with Crippen molar-refractivity contribution in [2.45, 2.75) is 45.2 Å². The van der Waals surface area contributed by atoms with Gasteiger partial charge >= 0.3 is 0 Å². The van der Waals surface area contributed by atoms with E-state index in [2.05, 4.69) is 33.5 Å². The third-order valence-corrected chi connectivity index (χ3v) is 5.74. The molecule has 0 radical (unpaired) electrons. The first-order valence-corrected chi connectivity index (χ1v) is 10.6. The summed E-state index contributed by atoms with van der Waals surface area (Å²) >= 11 is 0. The molecule has 2 aromatic heterocycles. The Morgan fingerprint density at radius 1 is 1.07 bits per heavy atom. The fraction of sp³-hybridized carbons (Fsp3) is 0.435. The molecule has 1 aromatic carbocycles. The molecule has 6 heteroatoms. The maximum atomic E-state index is 9.72.